The van der Waals surface area contributed by atoms with Crippen molar-refractivity contribution < 1.29 is 4.79 Å². The second-order valence-electron chi connectivity index (χ2n) is 7.22. The third kappa shape index (κ3) is 3.64. The number of likely N-dealkylation sites (N-methyl/N-ethyl adjacent to an activating group) is 1. The molecule has 0 spiro atoms. The molecule has 2 aromatic carbocycles. The molecule has 1 aromatic heterocycles. The molecule has 0 aliphatic carbocycles. The molecule has 0 unspecified atom stereocenters. The first-order valence-corrected chi connectivity index (χ1v) is 9.29. The summed E-state index contributed by atoms with van der Waals surface area (Å²) in [5.41, 5.74) is 4.71. The van der Waals surface area contributed by atoms with Crippen molar-refractivity contribution in [1.29, 1.82) is 0 Å². The van der Waals surface area contributed by atoms with Crippen LogP contribution in [0, 0.1) is 6.92 Å². The molecule has 5 heteroatoms. The topological polar surface area (TPSA) is 52.2 Å². The van der Waals surface area contributed by atoms with E-state index in [0.29, 0.717) is 12.2 Å². The van der Waals surface area contributed by atoms with E-state index in [2.05, 4.69) is 53.3 Å². The lowest BCUT2D eigenvalue weighted by atomic mass is 10.0. The molecule has 1 atom stereocenters. The van der Waals surface area contributed by atoms with Crippen molar-refractivity contribution in [1.82, 2.24) is 20.0 Å². The average molecular weight is 360 g/mol. The highest BCUT2D eigenvalue weighted by Crippen LogP contribution is 2.27. The number of H-pyrrole nitrogens is 1. The van der Waals surface area contributed by atoms with Gasteiger partial charge in [-0.2, -0.15) is 5.10 Å². The number of aromatic amines is 1. The monoisotopic (exact) mass is 360 g/mol. The Balaban J connectivity index is 1.60. The highest BCUT2D eigenvalue weighted by atomic mass is 16.2. The summed E-state index contributed by atoms with van der Waals surface area (Å²) in [7, 11) is 2.10. The summed E-state index contributed by atoms with van der Waals surface area (Å²) in [5, 5.41) is 7.31. The van der Waals surface area contributed by atoms with E-state index in [0.717, 1.165) is 29.9 Å². The van der Waals surface area contributed by atoms with Crippen LogP contribution in [0.2, 0.25) is 0 Å². The van der Waals surface area contributed by atoms with Gasteiger partial charge in [-0.3, -0.25) is 9.89 Å². The van der Waals surface area contributed by atoms with Gasteiger partial charge in [-0.25, -0.2) is 0 Å². The lowest BCUT2D eigenvalue weighted by molar-refractivity contribution is 0.0492. The Morgan fingerprint density at radius 3 is 2.56 bits per heavy atom. The maximum atomic E-state index is 13.2. The Labute approximate surface area is 159 Å². The van der Waals surface area contributed by atoms with Gasteiger partial charge in [0, 0.05) is 25.2 Å². The van der Waals surface area contributed by atoms with E-state index in [-0.39, 0.29) is 11.9 Å². The van der Waals surface area contributed by atoms with Crippen LogP contribution in [0.4, 0.5) is 0 Å². The van der Waals surface area contributed by atoms with Crippen LogP contribution in [0.25, 0.3) is 11.3 Å². The first-order chi connectivity index (χ1) is 13.1. The van der Waals surface area contributed by atoms with Crippen LogP contribution in [-0.4, -0.2) is 52.6 Å². The zero-order chi connectivity index (χ0) is 18.8. The van der Waals surface area contributed by atoms with Gasteiger partial charge in [0.25, 0.3) is 5.91 Å². The van der Waals surface area contributed by atoms with Crippen LogP contribution in [0.1, 0.15) is 27.7 Å². The molecule has 1 fully saturated rings. The van der Waals surface area contributed by atoms with Crippen molar-refractivity contribution in [2.45, 2.75) is 13.0 Å². The third-order valence-corrected chi connectivity index (χ3v) is 5.18. The summed E-state index contributed by atoms with van der Waals surface area (Å²) in [5.74, 6) is 0.00261. The summed E-state index contributed by atoms with van der Waals surface area (Å²) in [6.45, 7) is 4.46. The Morgan fingerprint density at radius 2 is 1.81 bits per heavy atom. The number of carbonyl (C=O) groups excluding carboxylic acids is 1. The second-order valence-corrected chi connectivity index (χ2v) is 7.22. The molecule has 0 radical (unpaired) electrons. The summed E-state index contributed by atoms with van der Waals surface area (Å²) >= 11 is 0. The minimum absolute atomic E-state index is 0.00261. The number of aromatic nitrogens is 2. The number of amides is 1. The quantitative estimate of drug-likeness (QED) is 0.778. The van der Waals surface area contributed by atoms with Gasteiger partial charge in [0.1, 0.15) is 5.69 Å². The van der Waals surface area contributed by atoms with Crippen LogP contribution in [0.5, 0.6) is 0 Å². The maximum Gasteiger partial charge on any atom is 0.272 e. The predicted octanol–water partition coefficient (Wildman–Crippen LogP) is 3.51. The summed E-state index contributed by atoms with van der Waals surface area (Å²) < 4.78 is 0. The van der Waals surface area contributed by atoms with E-state index in [1.165, 1.54) is 5.56 Å². The number of aryl methyl sites for hydroxylation is 1. The van der Waals surface area contributed by atoms with E-state index < -0.39 is 0 Å². The minimum Gasteiger partial charge on any atom is -0.328 e. The Kier molecular flexibility index (Phi) is 4.77. The van der Waals surface area contributed by atoms with Gasteiger partial charge in [-0.1, -0.05) is 60.2 Å². The number of hydrogen-bond acceptors (Lipinski definition) is 3. The number of piperazine rings is 1. The molecular formula is C22H24N4O. The van der Waals surface area contributed by atoms with Crippen molar-refractivity contribution >= 4 is 5.91 Å². The highest BCUT2D eigenvalue weighted by Gasteiger charge is 2.31. The number of nitrogens with zero attached hydrogens (tertiary/aromatic N) is 3. The summed E-state index contributed by atoms with van der Waals surface area (Å²) in [6.07, 6.45) is 0. The summed E-state index contributed by atoms with van der Waals surface area (Å²) in [6, 6.07) is 20.3. The molecule has 1 aliphatic heterocycles. The van der Waals surface area contributed by atoms with E-state index in [4.69, 9.17) is 0 Å². The molecule has 4 rings (SSSR count). The van der Waals surface area contributed by atoms with Gasteiger partial charge in [0.2, 0.25) is 0 Å². The zero-order valence-electron chi connectivity index (χ0n) is 15.7. The SMILES string of the molecule is Cc1ccc(-c2cc(C(=O)N3CCN(C)C[C@@H]3c3ccccc3)[nH]n2)cc1. The maximum absolute atomic E-state index is 13.2. The van der Waals surface area contributed by atoms with Crippen LogP contribution >= 0.6 is 0 Å². The fourth-order valence-electron chi connectivity index (χ4n) is 3.58. The first kappa shape index (κ1) is 17.5. The lowest BCUT2D eigenvalue weighted by Crippen LogP contribution is -2.49. The molecule has 5 nitrogen and oxygen atoms in total. The Morgan fingerprint density at radius 1 is 1.07 bits per heavy atom. The molecule has 138 valence electrons. The minimum atomic E-state index is 0.00261. The first-order valence-electron chi connectivity index (χ1n) is 9.29. The lowest BCUT2D eigenvalue weighted by Gasteiger charge is -2.40. The smallest absolute Gasteiger partial charge is 0.272 e. The highest BCUT2D eigenvalue weighted by molar-refractivity contribution is 5.93. The van der Waals surface area contributed by atoms with E-state index in [1.807, 2.05) is 41.3 Å². The van der Waals surface area contributed by atoms with E-state index >= 15 is 0 Å². The van der Waals surface area contributed by atoms with E-state index in [9.17, 15) is 4.79 Å². The molecule has 0 bridgehead atoms. The van der Waals surface area contributed by atoms with Crippen LogP contribution < -0.4 is 0 Å². The predicted molar refractivity (Wildman–Crippen MR) is 106 cm³/mol. The van der Waals surface area contributed by atoms with Gasteiger partial charge in [-0.15, -0.1) is 0 Å². The van der Waals surface area contributed by atoms with Gasteiger partial charge in [-0.05, 0) is 25.6 Å². The molecule has 3 aromatic rings. The molecule has 2 heterocycles. The van der Waals surface area contributed by atoms with Crippen molar-refractivity contribution in [3.63, 3.8) is 0 Å². The van der Waals surface area contributed by atoms with Gasteiger partial charge < -0.3 is 9.80 Å². The molecule has 1 aliphatic rings. The number of carbonyl (C=O) groups is 1. The number of nitrogens with one attached hydrogen (secondary N) is 1. The van der Waals surface area contributed by atoms with Crippen molar-refractivity contribution in [2.24, 2.45) is 0 Å². The van der Waals surface area contributed by atoms with Crippen LogP contribution in [0.3, 0.4) is 0 Å². The zero-order valence-corrected chi connectivity index (χ0v) is 15.7. The van der Waals surface area contributed by atoms with Crippen LogP contribution in [0.15, 0.2) is 60.7 Å². The fourth-order valence-corrected chi connectivity index (χ4v) is 3.58. The third-order valence-electron chi connectivity index (χ3n) is 5.18. The fraction of sp³-hybridized carbons (Fsp3) is 0.273. The van der Waals surface area contributed by atoms with Gasteiger partial charge in [0.15, 0.2) is 0 Å². The van der Waals surface area contributed by atoms with Crippen molar-refractivity contribution in [3.05, 3.63) is 77.5 Å². The standard InChI is InChI=1S/C22H24N4O/c1-16-8-10-17(11-9-16)19-14-20(24-23-19)22(27)26-13-12-25(2)15-21(26)18-6-4-3-5-7-18/h3-11,14,21H,12-13,15H2,1-2H3,(H,23,24)/t21-/m1/s1. The molecule has 1 saturated heterocycles. The molecular weight excluding hydrogens is 336 g/mol. The number of benzene rings is 2. The van der Waals surface area contributed by atoms with Crippen molar-refractivity contribution in [2.75, 3.05) is 26.7 Å². The van der Waals surface area contributed by atoms with Crippen LogP contribution in [-0.2, 0) is 0 Å². The normalized spacial score (nSPS) is 17.9. The second kappa shape index (κ2) is 7.37. The van der Waals surface area contributed by atoms with Crippen molar-refractivity contribution in [3.8, 4) is 11.3 Å². The van der Waals surface area contributed by atoms with E-state index in [1.54, 1.807) is 0 Å². The van der Waals surface area contributed by atoms with Gasteiger partial charge in [0.05, 0.1) is 11.7 Å². The Hall–Kier alpha value is -2.92. The average Bonchev–Trinajstić information content (AvgIpc) is 3.19. The molecule has 1 N–H and O–H groups in total. The Bertz CT molecular complexity index is 917. The molecule has 0 saturated carbocycles. The van der Waals surface area contributed by atoms with Gasteiger partial charge >= 0.3 is 0 Å². The molecule has 1 amide bonds. The number of hydrogen-bond donors (Lipinski definition) is 1. The molecule has 27 heavy (non-hydrogen) atoms. The summed E-state index contributed by atoms with van der Waals surface area (Å²) in [4.78, 5) is 17.5. The largest absolute Gasteiger partial charge is 0.328 e. The number of rotatable bonds is 3.